The summed E-state index contributed by atoms with van der Waals surface area (Å²) in [5.74, 6) is 0.277. The van der Waals surface area contributed by atoms with Gasteiger partial charge in [-0.1, -0.05) is 17.7 Å². The highest BCUT2D eigenvalue weighted by atomic mass is 16.2. The average molecular weight is 260 g/mol. The van der Waals surface area contributed by atoms with E-state index >= 15 is 0 Å². The highest BCUT2D eigenvalue weighted by Crippen LogP contribution is 2.31. The van der Waals surface area contributed by atoms with Crippen molar-refractivity contribution in [2.24, 2.45) is 5.92 Å². The Bertz CT molecular complexity index is 487. The van der Waals surface area contributed by atoms with Crippen LogP contribution in [0.4, 0.5) is 5.69 Å². The van der Waals surface area contributed by atoms with E-state index in [9.17, 15) is 4.79 Å². The number of carbonyl (C=O) groups excluding carboxylic acids is 1. The molecule has 3 N–H and O–H groups in total. The molecule has 0 saturated carbocycles. The second kappa shape index (κ2) is 4.51. The van der Waals surface area contributed by atoms with Crippen molar-refractivity contribution >= 4 is 11.6 Å². The molecule has 19 heavy (non-hydrogen) atoms. The Kier molecular flexibility index (Phi) is 2.95. The molecule has 5 nitrogen and oxygen atoms in total. The van der Waals surface area contributed by atoms with E-state index in [0.717, 1.165) is 5.69 Å². The Hall–Kier alpha value is -1.59. The molecule has 3 rings (SSSR count). The van der Waals surface area contributed by atoms with Gasteiger partial charge in [0.2, 0.25) is 0 Å². The third-order valence-electron chi connectivity index (χ3n) is 4.22. The van der Waals surface area contributed by atoms with Crippen molar-refractivity contribution in [1.82, 2.24) is 16.3 Å². The number of benzene rings is 1. The predicted octanol–water partition coefficient (Wildman–Crippen LogP) is 0.716. The minimum Gasteiger partial charge on any atom is -0.305 e. The lowest BCUT2D eigenvalue weighted by atomic mass is 9.87. The third kappa shape index (κ3) is 1.99. The van der Waals surface area contributed by atoms with Crippen LogP contribution in [0.15, 0.2) is 24.3 Å². The first kappa shape index (κ1) is 12.4. The molecule has 1 amide bonds. The molecule has 102 valence electrons. The molecule has 1 aromatic carbocycles. The van der Waals surface area contributed by atoms with Gasteiger partial charge in [-0.25, -0.2) is 10.9 Å². The molecular weight excluding hydrogens is 240 g/mol. The summed E-state index contributed by atoms with van der Waals surface area (Å²) in [4.78, 5) is 11.9. The molecule has 4 unspecified atom stereocenters. The van der Waals surface area contributed by atoms with Crippen LogP contribution < -0.4 is 21.3 Å². The average Bonchev–Trinajstić information content (AvgIpc) is 2.74. The topological polar surface area (TPSA) is 56.4 Å². The van der Waals surface area contributed by atoms with Crippen molar-refractivity contribution in [3.63, 3.8) is 0 Å². The summed E-state index contributed by atoms with van der Waals surface area (Å²) in [5, 5.41) is 2.11. The highest BCUT2D eigenvalue weighted by molar-refractivity contribution is 5.84. The molecule has 0 bridgehead atoms. The lowest BCUT2D eigenvalue weighted by Crippen LogP contribution is -2.62. The van der Waals surface area contributed by atoms with Crippen LogP contribution in [-0.2, 0) is 4.79 Å². The molecule has 5 heteroatoms. The Labute approximate surface area is 113 Å². The summed E-state index contributed by atoms with van der Waals surface area (Å²) in [5.41, 5.74) is 11.5. The first-order chi connectivity index (χ1) is 9.08. The van der Waals surface area contributed by atoms with Gasteiger partial charge in [0, 0.05) is 18.0 Å². The maximum atomic E-state index is 11.9. The van der Waals surface area contributed by atoms with Crippen LogP contribution in [0.3, 0.4) is 0 Å². The Morgan fingerprint density at radius 1 is 1.16 bits per heavy atom. The van der Waals surface area contributed by atoms with Gasteiger partial charge < -0.3 is 5.01 Å². The normalized spacial score (nSPS) is 34.1. The van der Waals surface area contributed by atoms with Crippen LogP contribution in [0.1, 0.15) is 19.4 Å². The van der Waals surface area contributed by atoms with Gasteiger partial charge in [-0.05, 0) is 32.9 Å². The molecule has 2 aliphatic rings. The fraction of sp³-hybridized carbons (Fsp3) is 0.500. The second-order valence-electron chi connectivity index (χ2n) is 5.55. The van der Waals surface area contributed by atoms with Crippen LogP contribution in [-0.4, -0.2) is 24.0 Å². The number of hydrazine groups is 2. The summed E-state index contributed by atoms with van der Waals surface area (Å²) >= 11 is 0. The van der Waals surface area contributed by atoms with Gasteiger partial charge in [0.25, 0.3) is 5.91 Å². The number of aryl methyl sites for hydroxylation is 1. The van der Waals surface area contributed by atoms with E-state index in [1.165, 1.54) is 5.56 Å². The van der Waals surface area contributed by atoms with E-state index in [1.807, 2.05) is 0 Å². The largest absolute Gasteiger partial charge is 0.305 e. The van der Waals surface area contributed by atoms with Crippen molar-refractivity contribution in [2.45, 2.75) is 38.9 Å². The fourth-order valence-corrected chi connectivity index (χ4v) is 3.12. The van der Waals surface area contributed by atoms with E-state index in [2.05, 4.69) is 66.3 Å². The number of hydrogen-bond donors (Lipinski definition) is 3. The zero-order valence-corrected chi connectivity index (χ0v) is 11.5. The van der Waals surface area contributed by atoms with Gasteiger partial charge in [0.1, 0.15) is 6.04 Å². The fourth-order valence-electron chi connectivity index (χ4n) is 3.12. The molecule has 0 aromatic heterocycles. The molecule has 2 fully saturated rings. The third-order valence-corrected chi connectivity index (χ3v) is 4.22. The second-order valence-corrected chi connectivity index (χ2v) is 5.55. The van der Waals surface area contributed by atoms with Gasteiger partial charge in [0.15, 0.2) is 0 Å². The van der Waals surface area contributed by atoms with Gasteiger partial charge in [-0.3, -0.25) is 10.2 Å². The minimum absolute atomic E-state index is 0.0181. The molecular formula is C14H20N4O. The number of fused-ring (bicyclic) bond motifs is 1. The minimum atomic E-state index is -0.160. The Balaban J connectivity index is 1.89. The zero-order chi connectivity index (χ0) is 13.6. The maximum Gasteiger partial charge on any atom is 0.253 e. The molecule has 2 saturated heterocycles. The van der Waals surface area contributed by atoms with Gasteiger partial charge in [-0.15, -0.1) is 0 Å². The van der Waals surface area contributed by atoms with E-state index in [0.29, 0.717) is 0 Å². The van der Waals surface area contributed by atoms with E-state index in [1.54, 1.807) is 0 Å². The smallest absolute Gasteiger partial charge is 0.253 e. The van der Waals surface area contributed by atoms with Crippen LogP contribution in [0.5, 0.6) is 0 Å². The summed E-state index contributed by atoms with van der Waals surface area (Å²) in [6.45, 7) is 6.34. The van der Waals surface area contributed by atoms with Crippen LogP contribution >= 0.6 is 0 Å². The number of anilines is 1. The van der Waals surface area contributed by atoms with Crippen molar-refractivity contribution in [3.8, 4) is 0 Å². The monoisotopic (exact) mass is 260 g/mol. The number of rotatable bonds is 1. The molecule has 0 aliphatic carbocycles. The number of carbonyl (C=O) groups is 1. The van der Waals surface area contributed by atoms with Crippen molar-refractivity contribution in [3.05, 3.63) is 29.8 Å². The van der Waals surface area contributed by atoms with Gasteiger partial charge >= 0.3 is 0 Å². The van der Waals surface area contributed by atoms with Crippen LogP contribution in [0.25, 0.3) is 0 Å². The van der Waals surface area contributed by atoms with Gasteiger partial charge in [0.05, 0.1) is 5.69 Å². The highest BCUT2D eigenvalue weighted by Gasteiger charge is 2.48. The Morgan fingerprint density at radius 2 is 1.84 bits per heavy atom. The molecule has 0 radical (unpaired) electrons. The number of hydrogen-bond acceptors (Lipinski definition) is 4. The Morgan fingerprint density at radius 3 is 2.47 bits per heavy atom. The quantitative estimate of drug-likeness (QED) is 0.696. The standard InChI is InChI=1S/C14H20N4O/c1-8-4-6-11(7-5-8)18-10(3)12-9(2)15-16-14(19)13(12)17-18/h4-7,9-10,12-13,15,17H,1-3H3,(H,16,19). The lowest BCUT2D eigenvalue weighted by Gasteiger charge is -2.32. The summed E-state index contributed by atoms with van der Waals surface area (Å²) in [7, 11) is 0. The molecule has 0 spiro atoms. The molecule has 4 atom stereocenters. The van der Waals surface area contributed by atoms with E-state index in [-0.39, 0.29) is 30.0 Å². The first-order valence-corrected chi connectivity index (χ1v) is 6.75. The molecule has 1 aromatic rings. The molecule has 2 heterocycles. The van der Waals surface area contributed by atoms with E-state index < -0.39 is 0 Å². The van der Waals surface area contributed by atoms with Gasteiger partial charge in [-0.2, -0.15) is 0 Å². The number of amides is 1. The first-order valence-electron chi connectivity index (χ1n) is 6.75. The van der Waals surface area contributed by atoms with Crippen LogP contribution in [0.2, 0.25) is 0 Å². The van der Waals surface area contributed by atoms with Crippen molar-refractivity contribution in [1.29, 1.82) is 0 Å². The zero-order valence-electron chi connectivity index (χ0n) is 11.5. The SMILES string of the molecule is Cc1ccc(N2NC3C(=O)NNC(C)C3C2C)cc1. The summed E-state index contributed by atoms with van der Waals surface area (Å²) in [6.07, 6.45) is 0. The maximum absolute atomic E-state index is 11.9. The van der Waals surface area contributed by atoms with Crippen molar-refractivity contribution in [2.75, 3.05) is 5.01 Å². The summed E-state index contributed by atoms with van der Waals surface area (Å²) < 4.78 is 0. The summed E-state index contributed by atoms with van der Waals surface area (Å²) in [6, 6.07) is 8.72. The van der Waals surface area contributed by atoms with E-state index in [4.69, 9.17) is 0 Å². The number of nitrogens with zero attached hydrogens (tertiary/aromatic N) is 1. The number of nitrogens with one attached hydrogen (secondary N) is 3. The lowest BCUT2D eigenvalue weighted by molar-refractivity contribution is -0.127. The van der Waals surface area contributed by atoms with Crippen LogP contribution in [0, 0.1) is 12.8 Å². The molecule has 2 aliphatic heterocycles. The van der Waals surface area contributed by atoms with Crippen molar-refractivity contribution < 1.29 is 4.79 Å². The predicted molar refractivity (Wildman–Crippen MR) is 74.3 cm³/mol.